The molecule has 0 bridgehead atoms. The summed E-state index contributed by atoms with van der Waals surface area (Å²) in [5.41, 5.74) is 3.06. The van der Waals surface area contributed by atoms with Gasteiger partial charge in [0.25, 0.3) is 5.91 Å². The minimum Gasteiger partial charge on any atom is -0.355 e. The van der Waals surface area contributed by atoms with Crippen molar-refractivity contribution in [1.82, 2.24) is 14.9 Å². The highest BCUT2D eigenvalue weighted by Gasteiger charge is 2.15. The van der Waals surface area contributed by atoms with Crippen molar-refractivity contribution in [2.45, 2.75) is 13.5 Å². The molecule has 0 aliphatic carbocycles. The van der Waals surface area contributed by atoms with Crippen LogP contribution in [0.1, 0.15) is 21.6 Å². The first kappa shape index (κ1) is 17.7. The molecule has 0 spiro atoms. The van der Waals surface area contributed by atoms with Crippen LogP contribution >= 0.6 is 0 Å². The Kier molecular flexibility index (Phi) is 4.72. The maximum absolute atomic E-state index is 13.0. The molecule has 28 heavy (non-hydrogen) atoms. The Balaban J connectivity index is 1.42. The van der Waals surface area contributed by atoms with E-state index < -0.39 is 5.91 Å². The van der Waals surface area contributed by atoms with E-state index in [-0.39, 0.29) is 11.5 Å². The summed E-state index contributed by atoms with van der Waals surface area (Å²) < 4.78 is 19.9. The summed E-state index contributed by atoms with van der Waals surface area (Å²) in [6.45, 7) is 2.47. The van der Waals surface area contributed by atoms with Crippen molar-refractivity contribution in [2.24, 2.45) is 0 Å². The lowest BCUT2D eigenvalue weighted by atomic mass is 10.1. The third-order valence-electron chi connectivity index (χ3n) is 4.22. The minimum atomic E-state index is -0.408. The number of rotatable bonds is 5. The Hall–Kier alpha value is -3.74. The van der Waals surface area contributed by atoms with E-state index in [2.05, 4.69) is 15.6 Å². The highest BCUT2D eigenvalue weighted by Crippen LogP contribution is 2.21. The van der Waals surface area contributed by atoms with Crippen LogP contribution in [0.3, 0.4) is 0 Å². The van der Waals surface area contributed by atoms with Gasteiger partial charge in [0.1, 0.15) is 5.82 Å². The average molecular weight is 376 g/mol. The number of anilines is 1. The highest BCUT2D eigenvalue weighted by atomic mass is 19.1. The number of nitrogens with zero attached hydrogens (tertiary/aromatic N) is 3. The number of carbonyl (C=O) groups excluding carboxylic acids is 1. The summed E-state index contributed by atoms with van der Waals surface area (Å²) in [4.78, 5) is 12.4. The van der Waals surface area contributed by atoms with Crippen molar-refractivity contribution in [1.29, 1.82) is 0 Å². The van der Waals surface area contributed by atoms with Crippen molar-refractivity contribution >= 4 is 11.7 Å². The molecule has 6 nitrogen and oxygen atoms in total. The Morgan fingerprint density at radius 2 is 1.86 bits per heavy atom. The van der Waals surface area contributed by atoms with Crippen LogP contribution in [0.4, 0.5) is 10.2 Å². The Labute approximate surface area is 160 Å². The van der Waals surface area contributed by atoms with E-state index in [0.29, 0.717) is 18.1 Å². The second-order valence-corrected chi connectivity index (χ2v) is 6.42. The number of amides is 1. The van der Waals surface area contributed by atoms with Gasteiger partial charge in [0.2, 0.25) is 0 Å². The third-order valence-corrected chi connectivity index (χ3v) is 4.22. The van der Waals surface area contributed by atoms with E-state index in [9.17, 15) is 9.18 Å². The normalized spacial score (nSPS) is 10.8. The Bertz CT molecular complexity index is 1100. The van der Waals surface area contributed by atoms with Gasteiger partial charge in [-0.25, -0.2) is 4.39 Å². The van der Waals surface area contributed by atoms with Gasteiger partial charge < -0.3 is 9.84 Å². The zero-order valence-electron chi connectivity index (χ0n) is 15.1. The fourth-order valence-corrected chi connectivity index (χ4v) is 2.71. The van der Waals surface area contributed by atoms with E-state index in [1.54, 1.807) is 35.1 Å². The van der Waals surface area contributed by atoms with Gasteiger partial charge in [0.15, 0.2) is 17.3 Å². The fourth-order valence-electron chi connectivity index (χ4n) is 2.71. The van der Waals surface area contributed by atoms with Crippen LogP contribution < -0.4 is 5.32 Å². The van der Waals surface area contributed by atoms with Crippen LogP contribution in [-0.4, -0.2) is 20.8 Å². The summed E-state index contributed by atoms with van der Waals surface area (Å²) in [6.07, 6.45) is 1.74. The molecule has 4 rings (SSSR count). The third kappa shape index (κ3) is 3.98. The number of hydrogen-bond donors (Lipinski definition) is 1. The molecule has 0 fully saturated rings. The Morgan fingerprint density at radius 3 is 2.61 bits per heavy atom. The maximum Gasteiger partial charge on any atom is 0.279 e. The van der Waals surface area contributed by atoms with Gasteiger partial charge in [-0.15, -0.1) is 0 Å². The van der Waals surface area contributed by atoms with Gasteiger partial charge in [-0.1, -0.05) is 47.1 Å². The molecule has 2 aromatic heterocycles. The zero-order valence-corrected chi connectivity index (χ0v) is 15.1. The van der Waals surface area contributed by atoms with Crippen molar-refractivity contribution in [3.63, 3.8) is 0 Å². The molecule has 0 saturated carbocycles. The minimum absolute atomic E-state index is 0.170. The summed E-state index contributed by atoms with van der Waals surface area (Å²) in [5.74, 6) is 0.225. The average Bonchev–Trinajstić information content (AvgIpc) is 3.34. The lowest BCUT2D eigenvalue weighted by Gasteiger charge is -2.02. The van der Waals surface area contributed by atoms with Crippen LogP contribution in [-0.2, 0) is 6.54 Å². The number of benzene rings is 2. The molecule has 1 amide bonds. The SMILES string of the molecule is Cc1ccc(-c2cc(C(=O)Nc3ccn(Cc4ccc(F)cc4)n3)no2)cc1. The number of carbonyl (C=O) groups is 1. The van der Waals surface area contributed by atoms with E-state index in [4.69, 9.17) is 4.52 Å². The first-order chi connectivity index (χ1) is 13.6. The van der Waals surface area contributed by atoms with E-state index in [1.807, 2.05) is 31.2 Å². The topological polar surface area (TPSA) is 73.0 Å². The van der Waals surface area contributed by atoms with Gasteiger partial charge >= 0.3 is 0 Å². The van der Waals surface area contributed by atoms with Gasteiger partial charge in [-0.3, -0.25) is 9.48 Å². The van der Waals surface area contributed by atoms with Gasteiger partial charge in [0.05, 0.1) is 6.54 Å². The lowest BCUT2D eigenvalue weighted by Crippen LogP contribution is -2.13. The van der Waals surface area contributed by atoms with Crippen LogP contribution in [0.15, 0.2) is 71.4 Å². The molecule has 0 unspecified atom stereocenters. The lowest BCUT2D eigenvalue weighted by molar-refractivity contribution is 0.101. The quantitative estimate of drug-likeness (QED) is 0.564. The predicted molar refractivity (Wildman–Crippen MR) is 102 cm³/mol. The van der Waals surface area contributed by atoms with E-state index in [1.165, 1.54) is 12.1 Å². The van der Waals surface area contributed by atoms with Crippen molar-refractivity contribution in [2.75, 3.05) is 5.32 Å². The van der Waals surface area contributed by atoms with Crippen LogP contribution in [0.2, 0.25) is 0 Å². The molecule has 0 radical (unpaired) electrons. The molecule has 0 saturated heterocycles. The second kappa shape index (κ2) is 7.48. The molecule has 7 heteroatoms. The number of aryl methyl sites for hydroxylation is 1. The molecule has 0 aliphatic heterocycles. The van der Waals surface area contributed by atoms with Crippen LogP contribution in [0, 0.1) is 12.7 Å². The number of nitrogens with one attached hydrogen (secondary N) is 1. The Morgan fingerprint density at radius 1 is 1.11 bits per heavy atom. The highest BCUT2D eigenvalue weighted by molar-refractivity contribution is 6.02. The smallest absolute Gasteiger partial charge is 0.279 e. The van der Waals surface area contributed by atoms with Gasteiger partial charge in [0, 0.05) is 23.9 Å². The predicted octanol–water partition coefficient (Wildman–Crippen LogP) is 4.29. The fraction of sp³-hybridized carbons (Fsp3) is 0.0952. The standard InChI is InChI=1S/C21H17FN4O2/c1-14-2-6-16(7-3-14)19-12-18(25-28-19)21(27)23-20-10-11-26(24-20)13-15-4-8-17(22)9-5-15/h2-12H,13H2,1H3,(H,23,24,27). The first-order valence-electron chi connectivity index (χ1n) is 8.70. The number of hydrogen-bond acceptors (Lipinski definition) is 4. The molecule has 0 aliphatic rings. The second-order valence-electron chi connectivity index (χ2n) is 6.42. The molecular weight excluding hydrogens is 359 g/mol. The molecule has 2 heterocycles. The van der Waals surface area contributed by atoms with E-state index in [0.717, 1.165) is 16.7 Å². The van der Waals surface area contributed by atoms with Crippen molar-refractivity contribution in [3.8, 4) is 11.3 Å². The molecule has 1 N–H and O–H groups in total. The van der Waals surface area contributed by atoms with Crippen molar-refractivity contribution in [3.05, 3.63) is 89.5 Å². The van der Waals surface area contributed by atoms with Gasteiger partial charge in [-0.2, -0.15) is 5.10 Å². The summed E-state index contributed by atoms with van der Waals surface area (Å²) in [7, 11) is 0. The van der Waals surface area contributed by atoms with Gasteiger partial charge in [-0.05, 0) is 24.6 Å². The number of aromatic nitrogens is 3. The molecule has 140 valence electrons. The molecule has 2 aromatic carbocycles. The van der Waals surface area contributed by atoms with Crippen LogP contribution in [0.25, 0.3) is 11.3 Å². The summed E-state index contributed by atoms with van der Waals surface area (Å²) in [5, 5.41) is 10.8. The number of halogens is 1. The van der Waals surface area contributed by atoms with Crippen molar-refractivity contribution < 1.29 is 13.7 Å². The molecule has 0 atom stereocenters. The maximum atomic E-state index is 13.0. The summed E-state index contributed by atoms with van der Waals surface area (Å²) in [6, 6.07) is 17.2. The summed E-state index contributed by atoms with van der Waals surface area (Å²) >= 11 is 0. The van der Waals surface area contributed by atoms with E-state index >= 15 is 0 Å². The van der Waals surface area contributed by atoms with Crippen LogP contribution in [0.5, 0.6) is 0 Å². The first-order valence-corrected chi connectivity index (χ1v) is 8.70. The monoisotopic (exact) mass is 376 g/mol. The molecular formula is C21H17FN4O2. The largest absolute Gasteiger partial charge is 0.355 e. The molecule has 4 aromatic rings. The zero-order chi connectivity index (χ0) is 19.5.